The molecule has 1 aromatic rings. The van der Waals surface area contributed by atoms with E-state index < -0.39 is 10.0 Å². The highest BCUT2D eigenvalue weighted by Gasteiger charge is 2.29. The van der Waals surface area contributed by atoms with Crippen LogP contribution in [0.4, 0.5) is 0 Å². The van der Waals surface area contributed by atoms with Gasteiger partial charge in [0.05, 0.1) is 11.9 Å². The average Bonchev–Trinajstić information content (AvgIpc) is 3.13. The van der Waals surface area contributed by atoms with Crippen molar-refractivity contribution < 1.29 is 13.5 Å². The van der Waals surface area contributed by atoms with Crippen molar-refractivity contribution >= 4 is 10.0 Å². The number of hydrogen-bond acceptors (Lipinski definition) is 3. The monoisotopic (exact) mass is 269 g/mol. The van der Waals surface area contributed by atoms with E-state index in [0.29, 0.717) is 18.9 Å². The molecule has 2 N–H and O–H groups in total. The van der Waals surface area contributed by atoms with Crippen LogP contribution in [0.2, 0.25) is 0 Å². The van der Waals surface area contributed by atoms with Crippen LogP contribution in [0.1, 0.15) is 24.8 Å². The first-order valence-corrected chi connectivity index (χ1v) is 7.91. The van der Waals surface area contributed by atoms with Gasteiger partial charge in [-0.05, 0) is 30.7 Å². The molecule has 0 aromatic heterocycles. The molecule has 1 aliphatic carbocycles. The molecular formula is C13H19NO3S. The number of hydrogen-bond donors (Lipinski definition) is 2. The SMILES string of the molecule is O=S(=O)(Cc1ccccc1)NCC[C@@H](O)C1CC1. The Kier molecular flexibility index (Phi) is 4.37. The van der Waals surface area contributed by atoms with E-state index in [1.807, 2.05) is 18.2 Å². The van der Waals surface area contributed by atoms with Crippen LogP contribution >= 0.6 is 0 Å². The maximum absolute atomic E-state index is 11.8. The van der Waals surface area contributed by atoms with Crippen LogP contribution in [-0.2, 0) is 15.8 Å². The second kappa shape index (κ2) is 5.82. The van der Waals surface area contributed by atoms with Crippen LogP contribution in [0.5, 0.6) is 0 Å². The Morgan fingerprint density at radius 1 is 1.28 bits per heavy atom. The molecule has 1 aliphatic rings. The molecule has 1 saturated carbocycles. The maximum atomic E-state index is 11.8. The van der Waals surface area contributed by atoms with Gasteiger partial charge in [-0.3, -0.25) is 0 Å². The van der Waals surface area contributed by atoms with Gasteiger partial charge in [0.1, 0.15) is 0 Å². The largest absolute Gasteiger partial charge is 0.393 e. The second-order valence-electron chi connectivity index (χ2n) is 4.83. The molecule has 100 valence electrons. The van der Waals surface area contributed by atoms with Crippen molar-refractivity contribution in [1.82, 2.24) is 4.72 Å². The van der Waals surface area contributed by atoms with Gasteiger partial charge in [0.15, 0.2) is 0 Å². The van der Waals surface area contributed by atoms with Gasteiger partial charge in [0.25, 0.3) is 0 Å². The fourth-order valence-corrected chi connectivity index (χ4v) is 3.09. The lowest BCUT2D eigenvalue weighted by molar-refractivity contribution is 0.143. The fourth-order valence-electron chi connectivity index (χ4n) is 1.92. The van der Waals surface area contributed by atoms with Gasteiger partial charge < -0.3 is 5.11 Å². The maximum Gasteiger partial charge on any atom is 0.215 e. The van der Waals surface area contributed by atoms with Gasteiger partial charge in [-0.2, -0.15) is 0 Å². The van der Waals surface area contributed by atoms with Gasteiger partial charge in [-0.1, -0.05) is 30.3 Å². The Morgan fingerprint density at radius 3 is 2.56 bits per heavy atom. The lowest BCUT2D eigenvalue weighted by atomic mass is 10.2. The van der Waals surface area contributed by atoms with Gasteiger partial charge in [-0.25, -0.2) is 13.1 Å². The highest BCUT2D eigenvalue weighted by molar-refractivity contribution is 7.88. The van der Waals surface area contributed by atoms with Crippen LogP contribution in [-0.4, -0.2) is 26.2 Å². The van der Waals surface area contributed by atoms with Crippen molar-refractivity contribution in [2.45, 2.75) is 31.1 Å². The van der Waals surface area contributed by atoms with E-state index in [0.717, 1.165) is 18.4 Å². The predicted molar refractivity (Wildman–Crippen MR) is 70.4 cm³/mol. The summed E-state index contributed by atoms with van der Waals surface area (Å²) in [5, 5.41) is 9.64. The Hall–Kier alpha value is -0.910. The second-order valence-corrected chi connectivity index (χ2v) is 6.64. The smallest absolute Gasteiger partial charge is 0.215 e. The molecule has 0 bridgehead atoms. The topological polar surface area (TPSA) is 66.4 Å². The van der Waals surface area contributed by atoms with Crippen molar-refractivity contribution in [3.05, 3.63) is 35.9 Å². The summed E-state index contributed by atoms with van der Waals surface area (Å²) in [4.78, 5) is 0. The molecule has 5 heteroatoms. The Bertz CT molecular complexity index is 468. The summed E-state index contributed by atoms with van der Waals surface area (Å²) in [5.41, 5.74) is 0.771. The predicted octanol–water partition coefficient (Wildman–Crippen LogP) is 1.27. The molecule has 18 heavy (non-hydrogen) atoms. The first-order chi connectivity index (χ1) is 8.57. The quantitative estimate of drug-likeness (QED) is 0.783. The summed E-state index contributed by atoms with van der Waals surface area (Å²) in [5.74, 6) is 0.386. The zero-order valence-electron chi connectivity index (χ0n) is 10.2. The minimum Gasteiger partial charge on any atom is -0.393 e. The molecule has 1 fully saturated rings. The third kappa shape index (κ3) is 4.40. The summed E-state index contributed by atoms with van der Waals surface area (Å²) >= 11 is 0. The van der Waals surface area contributed by atoms with E-state index >= 15 is 0 Å². The van der Waals surface area contributed by atoms with E-state index in [4.69, 9.17) is 0 Å². The minimum atomic E-state index is -3.30. The average molecular weight is 269 g/mol. The Balaban J connectivity index is 1.76. The minimum absolute atomic E-state index is 0.00658. The lowest BCUT2D eigenvalue weighted by Gasteiger charge is -2.10. The summed E-state index contributed by atoms with van der Waals surface area (Å²) < 4.78 is 26.1. The third-order valence-corrected chi connectivity index (χ3v) is 4.49. The molecule has 2 rings (SSSR count). The fraction of sp³-hybridized carbons (Fsp3) is 0.538. The van der Waals surface area contributed by atoms with Crippen molar-refractivity contribution in [3.63, 3.8) is 0 Å². The van der Waals surface area contributed by atoms with Gasteiger partial charge >= 0.3 is 0 Å². The van der Waals surface area contributed by atoms with Crippen LogP contribution in [0.3, 0.4) is 0 Å². The van der Waals surface area contributed by atoms with E-state index in [-0.39, 0.29) is 11.9 Å². The first kappa shape index (κ1) is 13.5. The highest BCUT2D eigenvalue weighted by atomic mass is 32.2. The summed E-state index contributed by atoms with van der Waals surface area (Å²) in [6.45, 7) is 0.312. The van der Waals surface area contributed by atoms with Crippen LogP contribution < -0.4 is 4.72 Å². The molecule has 0 amide bonds. The number of nitrogens with one attached hydrogen (secondary N) is 1. The zero-order chi connectivity index (χ0) is 13.0. The van der Waals surface area contributed by atoms with Gasteiger partial charge in [-0.15, -0.1) is 0 Å². The molecule has 1 atom stereocenters. The van der Waals surface area contributed by atoms with Crippen LogP contribution in [0, 0.1) is 5.92 Å². The number of aliphatic hydroxyl groups is 1. The Morgan fingerprint density at radius 2 is 1.94 bits per heavy atom. The molecule has 0 radical (unpaired) electrons. The molecule has 1 aromatic carbocycles. The van der Waals surface area contributed by atoms with Crippen molar-refractivity contribution in [2.75, 3.05) is 6.54 Å². The molecule has 0 aliphatic heterocycles. The van der Waals surface area contributed by atoms with E-state index in [1.54, 1.807) is 12.1 Å². The lowest BCUT2D eigenvalue weighted by Crippen LogP contribution is -2.28. The summed E-state index contributed by atoms with van der Waals surface area (Å²) in [7, 11) is -3.30. The first-order valence-electron chi connectivity index (χ1n) is 6.26. The number of aliphatic hydroxyl groups excluding tert-OH is 1. The summed E-state index contributed by atoms with van der Waals surface area (Å²) in [6, 6.07) is 9.08. The van der Waals surface area contributed by atoms with Gasteiger partial charge in [0, 0.05) is 6.54 Å². The van der Waals surface area contributed by atoms with Crippen molar-refractivity contribution in [2.24, 2.45) is 5.92 Å². The number of benzene rings is 1. The molecule has 0 heterocycles. The zero-order valence-corrected chi connectivity index (χ0v) is 11.1. The third-order valence-electron chi connectivity index (χ3n) is 3.13. The molecular weight excluding hydrogens is 250 g/mol. The van der Waals surface area contributed by atoms with E-state index in [9.17, 15) is 13.5 Å². The molecule has 0 unspecified atom stereocenters. The van der Waals surface area contributed by atoms with Crippen LogP contribution in [0.25, 0.3) is 0 Å². The van der Waals surface area contributed by atoms with Gasteiger partial charge in [0.2, 0.25) is 10.0 Å². The number of rotatable bonds is 7. The molecule has 4 nitrogen and oxygen atoms in total. The van der Waals surface area contributed by atoms with Crippen molar-refractivity contribution in [3.8, 4) is 0 Å². The summed E-state index contributed by atoms with van der Waals surface area (Å²) in [6.07, 6.45) is 2.28. The molecule has 0 spiro atoms. The normalized spacial score (nSPS) is 17.6. The highest BCUT2D eigenvalue weighted by Crippen LogP contribution is 2.33. The Labute approximate surface area is 108 Å². The van der Waals surface area contributed by atoms with E-state index in [2.05, 4.69) is 4.72 Å². The standard InChI is InChI=1S/C13H19NO3S/c15-13(12-6-7-12)8-9-14-18(16,17)10-11-4-2-1-3-5-11/h1-5,12-15H,6-10H2/t13-/m1/s1. The molecule has 0 saturated heterocycles. The van der Waals surface area contributed by atoms with Crippen LogP contribution in [0.15, 0.2) is 30.3 Å². The van der Waals surface area contributed by atoms with E-state index in [1.165, 1.54) is 0 Å². The van der Waals surface area contributed by atoms with Crippen molar-refractivity contribution in [1.29, 1.82) is 0 Å². The number of sulfonamides is 1.